The van der Waals surface area contributed by atoms with Crippen LogP contribution in [0.25, 0.3) is 11.1 Å². The van der Waals surface area contributed by atoms with Gasteiger partial charge in [0.2, 0.25) is 0 Å². The van der Waals surface area contributed by atoms with Gasteiger partial charge in [0.05, 0.1) is 17.8 Å². The van der Waals surface area contributed by atoms with Crippen molar-refractivity contribution in [2.75, 3.05) is 23.3 Å². The molecule has 178 valence electrons. The molecule has 1 fully saturated rings. The van der Waals surface area contributed by atoms with E-state index in [0.29, 0.717) is 11.3 Å². The SMILES string of the molecule is Cc1cc(OC(F)F)ccc1-c1cccc(NC(=O)c2ccc(N3C[C@@H](C)O[C@@H](C)C3)nc2)c1. The molecule has 0 unspecified atom stereocenters. The lowest BCUT2D eigenvalue weighted by atomic mass is 10.00. The van der Waals surface area contributed by atoms with Crippen LogP contribution in [-0.4, -0.2) is 42.8 Å². The van der Waals surface area contributed by atoms with Gasteiger partial charge in [0, 0.05) is 25.0 Å². The summed E-state index contributed by atoms with van der Waals surface area (Å²) in [5.74, 6) is 0.658. The van der Waals surface area contributed by atoms with Crippen LogP contribution in [0, 0.1) is 6.92 Å². The molecule has 0 spiro atoms. The highest BCUT2D eigenvalue weighted by Crippen LogP contribution is 2.29. The topological polar surface area (TPSA) is 63.7 Å². The molecule has 0 radical (unpaired) electrons. The summed E-state index contributed by atoms with van der Waals surface area (Å²) in [5, 5.41) is 2.90. The predicted molar refractivity (Wildman–Crippen MR) is 128 cm³/mol. The number of hydrogen-bond donors (Lipinski definition) is 1. The predicted octanol–water partition coefficient (Wildman–Crippen LogP) is 5.52. The highest BCUT2D eigenvalue weighted by molar-refractivity contribution is 6.04. The van der Waals surface area contributed by atoms with Gasteiger partial charge in [-0.25, -0.2) is 4.98 Å². The Labute approximate surface area is 197 Å². The van der Waals surface area contributed by atoms with Crippen LogP contribution >= 0.6 is 0 Å². The summed E-state index contributed by atoms with van der Waals surface area (Å²) in [5.41, 5.74) is 3.57. The summed E-state index contributed by atoms with van der Waals surface area (Å²) >= 11 is 0. The van der Waals surface area contributed by atoms with Gasteiger partial charge in [0.1, 0.15) is 11.6 Å². The molecule has 1 N–H and O–H groups in total. The average molecular weight is 468 g/mol. The van der Waals surface area contributed by atoms with Gasteiger partial charge in [0.15, 0.2) is 0 Å². The van der Waals surface area contributed by atoms with Gasteiger partial charge < -0.3 is 19.7 Å². The smallest absolute Gasteiger partial charge is 0.387 e. The molecule has 0 saturated carbocycles. The Morgan fingerprint density at radius 1 is 1.12 bits per heavy atom. The second-order valence-electron chi connectivity index (χ2n) is 8.46. The van der Waals surface area contributed by atoms with Crippen molar-refractivity contribution < 1.29 is 23.0 Å². The number of pyridine rings is 1. The van der Waals surface area contributed by atoms with Crippen molar-refractivity contribution in [3.8, 4) is 16.9 Å². The highest BCUT2D eigenvalue weighted by atomic mass is 19.3. The standard InChI is InChI=1S/C26H27F2N3O3/c1-16-11-22(34-26(27)28)8-9-23(16)19-5-4-6-21(12-19)30-25(32)20-7-10-24(29-13-20)31-14-17(2)33-18(3)15-31/h4-13,17-18,26H,14-15H2,1-3H3,(H,30,32)/t17-,18+. The molecule has 1 saturated heterocycles. The molecule has 1 aliphatic heterocycles. The lowest BCUT2D eigenvalue weighted by Crippen LogP contribution is -2.45. The number of carbonyl (C=O) groups excluding carboxylic acids is 1. The number of hydrogen-bond acceptors (Lipinski definition) is 5. The largest absolute Gasteiger partial charge is 0.435 e. The number of carbonyl (C=O) groups is 1. The molecule has 34 heavy (non-hydrogen) atoms. The number of halogens is 2. The van der Waals surface area contributed by atoms with Crippen molar-refractivity contribution in [2.24, 2.45) is 0 Å². The molecule has 1 amide bonds. The Balaban J connectivity index is 1.45. The molecule has 0 bridgehead atoms. The Kier molecular flexibility index (Phi) is 7.07. The van der Waals surface area contributed by atoms with Crippen molar-refractivity contribution in [1.82, 2.24) is 4.98 Å². The molecular formula is C26H27F2N3O3. The maximum absolute atomic E-state index is 12.8. The fourth-order valence-electron chi connectivity index (χ4n) is 4.18. The molecule has 1 aliphatic rings. The third-order valence-corrected chi connectivity index (χ3v) is 5.61. The summed E-state index contributed by atoms with van der Waals surface area (Å²) in [4.78, 5) is 19.4. The number of anilines is 2. The van der Waals surface area contributed by atoms with Crippen molar-refractivity contribution in [1.29, 1.82) is 0 Å². The number of ether oxygens (including phenoxy) is 2. The van der Waals surface area contributed by atoms with Gasteiger partial charge in [-0.05, 0) is 73.9 Å². The van der Waals surface area contributed by atoms with Gasteiger partial charge in [0.25, 0.3) is 5.91 Å². The van der Waals surface area contributed by atoms with Crippen LogP contribution < -0.4 is 15.0 Å². The first-order valence-corrected chi connectivity index (χ1v) is 11.1. The number of nitrogens with zero attached hydrogens (tertiary/aromatic N) is 2. The molecular weight excluding hydrogens is 440 g/mol. The maximum Gasteiger partial charge on any atom is 0.387 e. The van der Waals surface area contributed by atoms with Gasteiger partial charge in [-0.3, -0.25) is 4.79 Å². The van der Waals surface area contributed by atoms with Crippen LogP contribution in [0.5, 0.6) is 5.75 Å². The molecule has 0 aliphatic carbocycles. The first kappa shape index (κ1) is 23.6. The highest BCUT2D eigenvalue weighted by Gasteiger charge is 2.23. The number of rotatable bonds is 6. The van der Waals surface area contributed by atoms with Crippen LogP contribution in [-0.2, 0) is 4.74 Å². The minimum atomic E-state index is -2.87. The van der Waals surface area contributed by atoms with E-state index in [1.807, 2.05) is 45.0 Å². The quantitative estimate of drug-likeness (QED) is 0.517. The number of nitrogens with one attached hydrogen (secondary N) is 1. The zero-order valence-electron chi connectivity index (χ0n) is 19.3. The van der Waals surface area contributed by atoms with Crippen LogP contribution in [0.4, 0.5) is 20.3 Å². The van der Waals surface area contributed by atoms with Crippen molar-refractivity contribution >= 4 is 17.4 Å². The summed E-state index contributed by atoms with van der Waals surface area (Å²) < 4.78 is 35.2. The normalized spacial score (nSPS) is 18.1. The van der Waals surface area contributed by atoms with E-state index in [4.69, 9.17) is 4.74 Å². The first-order valence-electron chi connectivity index (χ1n) is 11.1. The monoisotopic (exact) mass is 467 g/mol. The number of aryl methyl sites for hydroxylation is 1. The Morgan fingerprint density at radius 3 is 2.53 bits per heavy atom. The van der Waals surface area contributed by atoms with E-state index in [9.17, 15) is 13.6 Å². The molecule has 6 nitrogen and oxygen atoms in total. The fraction of sp³-hybridized carbons (Fsp3) is 0.308. The van der Waals surface area contributed by atoms with Crippen molar-refractivity contribution in [3.63, 3.8) is 0 Å². The third-order valence-electron chi connectivity index (χ3n) is 5.61. The second-order valence-corrected chi connectivity index (χ2v) is 8.46. The number of aromatic nitrogens is 1. The second kappa shape index (κ2) is 10.2. The van der Waals surface area contributed by atoms with Crippen LogP contribution in [0.1, 0.15) is 29.8 Å². The van der Waals surface area contributed by atoms with Gasteiger partial charge >= 0.3 is 6.61 Å². The molecule has 2 heterocycles. The van der Waals surface area contributed by atoms with Gasteiger partial charge in [-0.1, -0.05) is 18.2 Å². The van der Waals surface area contributed by atoms with Crippen LogP contribution in [0.15, 0.2) is 60.8 Å². The van der Waals surface area contributed by atoms with E-state index in [1.54, 1.807) is 30.5 Å². The van der Waals surface area contributed by atoms with Gasteiger partial charge in [-0.15, -0.1) is 0 Å². The number of amides is 1. The lowest BCUT2D eigenvalue weighted by molar-refractivity contribution is -0.0498. The van der Waals surface area contributed by atoms with E-state index in [1.165, 1.54) is 6.07 Å². The molecule has 2 atom stereocenters. The van der Waals surface area contributed by atoms with Crippen molar-refractivity contribution in [3.05, 3.63) is 71.9 Å². The van der Waals surface area contributed by atoms with Crippen LogP contribution in [0.2, 0.25) is 0 Å². The minimum Gasteiger partial charge on any atom is -0.435 e. The zero-order valence-corrected chi connectivity index (χ0v) is 19.3. The van der Waals surface area contributed by atoms with Gasteiger partial charge in [-0.2, -0.15) is 8.78 Å². The molecule has 2 aromatic carbocycles. The zero-order chi connectivity index (χ0) is 24.2. The van der Waals surface area contributed by atoms with E-state index in [2.05, 4.69) is 19.9 Å². The van der Waals surface area contributed by atoms with E-state index < -0.39 is 6.61 Å². The Hall–Kier alpha value is -3.52. The molecule has 8 heteroatoms. The molecule has 4 rings (SSSR count). The summed E-state index contributed by atoms with van der Waals surface area (Å²) in [6.45, 7) is 4.53. The third kappa shape index (κ3) is 5.69. The summed E-state index contributed by atoms with van der Waals surface area (Å²) in [6, 6.07) is 15.8. The Bertz CT molecular complexity index is 1140. The van der Waals surface area contributed by atoms with E-state index in [0.717, 1.165) is 35.6 Å². The van der Waals surface area contributed by atoms with E-state index >= 15 is 0 Å². The number of alkyl halides is 2. The summed E-state index contributed by atoms with van der Waals surface area (Å²) in [7, 11) is 0. The Morgan fingerprint density at radius 2 is 1.88 bits per heavy atom. The number of benzene rings is 2. The first-order chi connectivity index (χ1) is 16.3. The average Bonchev–Trinajstić information content (AvgIpc) is 2.78. The fourth-order valence-corrected chi connectivity index (χ4v) is 4.18. The van der Waals surface area contributed by atoms with Crippen molar-refractivity contribution in [2.45, 2.75) is 39.6 Å². The molecule has 1 aromatic heterocycles. The van der Waals surface area contributed by atoms with E-state index in [-0.39, 0.29) is 23.9 Å². The maximum atomic E-state index is 12.8. The lowest BCUT2D eigenvalue weighted by Gasteiger charge is -2.36. The minimum absolute atomic E-state index is 0.109. The van der Waals surface area contributed by atoms with Crippen LogP contribution in [0.3, 0.4) is 0 Å². The summed E-state index contributed by atoms with van der Waals surface area (Å²) in [6.07, 6.45) is 1.82. The number of morpholine rings is 1. The molecule has 3 aromatic rings.